The molecule has 1 heterocycles. The second-order valence-electron chi connectivity index (χ2n) is 5.32. The minimum absolute atomic E-state index is 0.173. The van der Waals surface area contributed by atoms with Crippen LogP contribution in [0.25, 0.3) is 10.9 Å². The maximum absolute atomic E-state index is 12.3. The highest BCUT2D eigenvalue weighted by Crippen LogP contribution is 2.28. The normalized spacial score (nSPS) is 10.4. The highest BCUT2D eigenvalue weighted by Gasteiger charge is 2.10. The summed E-state index contributed by atoms with van der Waals surface area (Å²) in [5.74, 6) is 2.33. The summed E-state index contributed by atoms with van der Waals surface area (Å²) in [5.41, 5.74) is 2.58. The first-order chi connectivity index (χ1) is 12.1. The fourth-order valence-electron chi connectivity index (χ4n) is 2.47. The third-order valence-corrected chi connectivity index (χ3v) is 4.60. The van der Waals surface area contributed by atoms with Crippen molar-refractivity contribution in [2.75, 3.05) is 5.32 Å². The first-order valence-electron chi connectivity index (χ1n) is 7.42. The lowest BCUT2D eigenvalue weighted by Crippen LogP contribution is -2.14. The highest BCUT2D eigenvalue weighted by molar-refractivity contribution is 7.97. The van der Waals surface area contributed by atoms with Gasteiger partial charge < -0.3 is 5.32 Å². The molecule has 4 nitrogen and oxygen atoms in total. The zero-order chi connectivity index (χ0) is 17.8. The molecule has 3 aromatic rings. The predicted molar refractivity (Wildman–Crippen MR) is 104 cm³/mol. The van der Waals surface area contributed by atoms with E-state index in [1.807, 2.05) is 30.3 Å². The standard InChI is InChI=1S/C19H14ClN3OS/c1-2-13-7-8-15-17(22-13)10-14(11-18(15)25-21)23-19(24)9-12-5-3-4-6-16(12)20/h1,3-8,10-11H,9,21H2,(H,23,24). The van der Waals surface area contributed by atoms with E-state index in [9.17, 15) is 4.79 Å². The Hall–Kier alpha value is -2.52. The summed E-state index contributed by atoms with van der Waals surface area (Å²) in [6.07, 6.45) is 5.59. The largest absolute Gasteiger partial charge is 0.326 e. The highest BCUT2D eigenvalue weighted by atomic mass is 35.5. The number of halogens is 1. The Bertz CT molecular complexity index is 998. The molecule has 0 aliphatic rings. The van der Waals surface area contributed by atoms with E-state index in [4.69, 9.17) is 23.2 Å². The summed E-state index contributed by atoms with van der Waals surface area (Å²) in [4.78, 5) is 17.5. The molecule has 0 bridgehead atoms. The first kappa shape index (κ1) is 17.3. The van der Waals surface area contributed by atoms with Crippen molar-refractivity contribution in [1.82, 2.24) is 4.98 Å². The van der Waals surface area contributed by atoms with Crippen LogP contribution in [0.4, 0.5) is 5.69 Å². The number of amides is 1. The molecule has 0 spiro atoms. The van der Waals surface area contributed by atoms with Crippen LogP contribution in [0.1, 0.15) is 11.3 Å². The van der Waals surface area contributed by atoms with E-state index in [1.54, 1.807) is 18.2 Å². The van der Waals surface area contributed by atoms with Crippen molar-refractivity contribution < 1.29 is 4.79 Å². The van der Waals surface area contributed by atoms with Crippen LogP contribution in [-0.2, 0) is 11.2 Å². The Morgan fingerprint density at radius 3 is 2.80 bits per heavy atom. The van der Waals surface area contributed by atoms with Crippen LogP contribution in [0.2, 0.25) is 5.02 Å². The van der Waals surface area contributed by atoms with Crippen LogP contribution in [0.3, 0.4) is 0 Å². The van der Waals surface area contributed by atoms with Gasteiger partial charge in [0, 0.05) is 21.0 Å². The number of nitrogens with two attached hydrogens (primary N) is 1. The molecule has 3 rings (SSSR count). The van der Waals surface area contributed by atoms with Crippen LogP contribution in [-0.4, -0.2) is 10.9 Å². The van der Waals surface area contributed by atoms with Gasteiger partial charge in [0.05, 0.1) is 11.9 Å². The molecule has 2 aromatic carbocycles. The number of pyridine rings is 1. The second-order valence-corrected chi connectivity index (χ2v) is 6.40. The molecule has 6 heteroatoms. The number of anilines is 1. The van der Waals surface area contributed by atoms with E-state index in [-0.39, 0.29) is 12.3 Å². The van der Waals surface area contributed by atoms with Crippen molar-refractivity contribution >= 4 is 46.0 Å². The van der Waals surface area contributed by atoms with Crippen molar-refractivity contribution in [3.8, 4) is 12.3 Å². The van der Waals surface area contributed by atoms with E-state index in [0.717, 1.165) is 27.8 Å². The van der Waals surface area contributed by atoms with Gasteiger partial charge in [-0.25, -0.2) is 4.98 Å². The van der Waals surface area contributed by atoms with E-state index in [1.165, 1.54) is 0 Å². The maximum atomic E-state index is 12.3. The van der Waals surface area contributed by atoms with E-state index in [2.05, 4.69) is 16.2 Å². The summed E-state index contributed by atoms with van der Waals surface area (Å²) < 4.78 is 0. The monoisotopic (exact) mass is 367 g/mol. The Kier molecular flexibility index (Phi) is 5.25. The van der Waals surface area contributed by atoms with E-state index in [0.29, 0.717) is 21.9 Å². The molecule has 0 aliphatic heterocycles. The molecule has 124 valence electrons. The second kappa shape index (κ2) is 7.58. The number of terminal acetylenes is 1. The van der Waals surface area contributed by atoms with Gasteiger partial charge in [0.2, 0.25) is 5.91 Å². The van der Waals surface area contributed by atoms with Crippen LogP contribution < -0.4 is 10.5 Å². The van der Waals surface area contributed by atoms with Crippen LogP contribution in [0.15, 0.2) is 53.4 Å². The summed E-state index contributed by atoms with van der Waals surface area (Å²) in [5, 5.41) is 10.1. The zero-order valence-electron chi connectivity index (χ0n) is 13.1. The van der Waals surface area contributed by atoms with Gasteiger partial charge in [0.15, 0.2) is 0 Å². The minimum atomic E-state index is -0.173. The fraction of sp³-hybridized carbons (Fsp3) is 0.0526. The number of carbonyl (C=O) groups excluding carboxylic acids is 1. The van der Waals surface area contributed by atoms with Crippen molar-refractivity contribution in [3.05, 3.63) is 64.8 Å². The number of rotatable bonds is 4. The van der Waals surface area contributed by atoms with Crippen molar-refractivity contribution in [2.24, 2.45) is 5.14 Å². The number of carbonyl (C=O) groups is 1. The molecule has 3 N–H and O–H groups in total. The number of nitrogens with one attached hydrogen (secondary N) is 1. The molecule has 0 saturated heterocycles. The summed E-state index contributed by atoms with van der Waals surface area (Å²) in [6, 6.07) is 14.5. The van der Waals surface area contributed by atoms with Gasteiger partial charge in [-0.15, -0.1) is 6.42 Å². The summed E-state index contributed by atoms with van der Waals surface area (Å²) in [7, 11) is 0. The topological polar surface area (TPSA) is 68.0 Å². The Morgan fingerprint density at radius 1 is 1.28 bits per heavy atom. The quantitative estimate of drug-likeness (QED) is 0.540. The summed E-state index contributed by atoms with van der Waals surface area (Å²) >= 11 is 7.20. The number of benzene rings is 2. The smallest absolute Gasteiger partial charge is 0.228 e. The van der Waals surface area contributed by atoms with Gasteiger partial charge in [-0.3, -0.25) is 9.93 Å². The number of fused-ring (bicyclic) bond motifs is 1. The van der Waals surface area contributed by atoms with Crippen LogP contribution in [0.5, 0.6) is 0 Å². The van der Waals surface area contributed by atoms with Crippen LogP contribution >= 0.6 is 23.5 Å². The Balaban J connectivity index is 1.89. The first-order valence-corrected chi connectivity index (χ1v) is 8.68. The molecular weight excluding hydrogens is 354 g/mol. The average Bonchev–Trinajstić information content (AvgIpc) is 2.62. The number of hydrogen-bond acceptors (Lipinski definition) is 4. The number of nitrogens with zero attached hydrogens (tertiary/aromatic N) is 1. The lowest BCUT2D eigenvalue weighted by molar-refractivity contribution is -0.115. The number of aromatic nitrogens is 1. The predicted octanol–water partition coefficient (Wildman–Crippen LogP) is 4.02. The third-order valence-electron chi connectivity index (χ3n) is 3.64. The molecule has 0 fully saturated rings. The molecule has 0 radical (unpaired) electrons. The third kappa shape index (κ3) is 3.94. The van der Waals surface area contributed by atoms with Gasteiger partial charge >= 0.3 is 0 Å². The Labute approximate surface area is 154 Å². The molecule has 0 saturated carbocycles. The SMILES string of the molecule is C#Cc1ccc2c(SN)cc(NC(=O)Cc3ccccc3Cl)cc2n1. The molecule has 0 atom stereocenters. The molecule has 0 unspecified atom stereocenters. The van der Waals surface area contributed by atoms with Gasteiger partial charge in [-0.05, 0) is 47.8 Å². The number of hydrogen-bond donors (Lipinski definition) is 2. The van der Waals surface area contributed by atoms with Gasteiger partial charge in [-0.1, -0.05) is 35.7 Å². The van der Waals surface area contributed by atoms with Crippen molar-refractivity contribution in [2.45, 2.75) is 11.3 Å². The minimum Gasteiger partial charge on any atom is -0.326 e. The molecule has 0 aliphatic carbocycles. The zero-order valence-corrected chi connectivity index (χ0v) is 14.7. The van der Waals surface area contributed by atoms with Gasteiger partial charge in [-0.2, -0.15) is 0 Å². The van der Waals surface area contributed by atoms with Crippen molar-refractivity contribution in [3.63, 3.8) is 0 Å². The molecule has 25 heavy (non-hydrogen) atoms. The van der Waals surface area contributed by atoms with E-state index < -0.39 is 0 Å². The Morgan fingerprint density at radius 2 is 2.08 bits per heavy atom. The summed E-state index contributed by atoms with van der Waals surface area (Å²) in [6.45, 7) is 0. The van der Waals surface area contributed by atoms with E-state index >= 15 is 0 Å². The fourth-order valence-corrected chi connectivity index (χ4v) is 3.17. The lowest BCUT2D eigenvalue weighted by atomic mass is 10.1. The lowest BCUT2D eigenvalue weighted by Gasteiger charge is -2.10. The van der Waals surface area contributed by atoms with Gasteiger partial charge in [0.1, 0.15) is 5.69 Å². The maximum Gasteiger partial charge on any atom is 0.228 e. The van der Waals surface area contributed by atoms with Crippen LogP contribution in [0, 0.1) is 12.3 Å². The molecule has 1 amide bonds. The molecular formula is C19H14ClN3OS. The molecule has 1 aromatic heterocycles. The average molecular weight is 368 g/mol. The van der Waals surface area contributed by atoms with Gasteiger partial charge in [0.25, 0.3) is 0 Å². The van der Waals surface area contributed by atoms with Crippen molar-refractivity contribution in [1.29, 1.82) is 0 Å².